The van der Waals surface area contributed by atoms with Crippen LogP contribution < -0.4 is 16.0 Å². The van der Waals surface area contributed by atoms with Gasteiger partial charge in [0.25, 0.3) is 0 Å². The zero-order valence-electron chi connectivity index (χ0n) is 17.4. The highest BCUT2D eigenvalue weighted by atomic mass is 127. The number of carbonyl (C=O) groups is 1. The van der Waals surface area contributed by atoms with Gasteiger partial charge in [0.2, 0.25) is 5.91 Å². The molecule has 162 valence electrons. The third-order valence-corrected chi connectivity index (χ3v) is 6.10. The lowest BCUT2D eigenvalue weighted by atomic mass is 9.95. The SMILES string of the molecule is CN=C(NCC1CCN(c2cc(Cl)ccc2C)C1)N1CCCC(CC(N)=O)C1.I. The zero-order valence-corrected chi connectivity index (χ0v) is 20.5. The van der Waals surface area contributed by atoms with Crippen molar-refractivity contribution in [3.05, 3.63) is 28.8 Å². The largest absolute Gasteiger partial charge is 0.371 e. The van der Waals surface area contributed by atoms with E-state index in [0.717, 1.165) is 63.0 Å². The van der Waals surface area contributed by atoms with Gasteiger partial charge in [-0.2, -0.15) is 0 Å². The van der Waals surface area contributed by atoms with Gasteiger partial charge in [-0.05, 0) is 55.7 Å². The molecule has 2 aliphatic heterocycles. The van der Waals surface area contributed by atoms with Crippen molar-refractivity contribution in [1.82, 2.24) is 10.2 Å². The van der Waals surface area contributed by atoms with Gasteiger partial charge in [0, 0.05) is 56.9 Å². The number of guanidine groups is 1. The van der Waals surface area contributed by atoms with E-state index in [1.54, 1.807) is 0 Å². The Morgan fingerprint density at radius 1 is 1.28 bits per heavy atom. The molecular formula is C21H33ClIN5O. The number of aryl methyl sites for hydroxylation is 1. The summed E-state index contributed by atoms with van der Waals surface area (Å²) >= 11 is 6.19. The van der Waals surface area contributed by atoms with E-state index >= 15 is 0 Å². The fraction of sp³-hybridized carbons (Fsp3) is 0.619. The molecule has 0 spiro atoms. The number of piperidine rings is 1. The van der Waals surface area contributed by atoms with Crippen LogP contribution in [0, 0.1) is 18.8 Å². The number of amides is 1. The predicted octanol–water partition coefficient (Wildman–Crippen LogP) is 3.26. The second-order valence-electron chi connectivity index (χ2n) is 8.08. The van der Waals surface area contributed by atoms with Gasteiger partial charge in [-0.25, -0.2) is 0 Å². The van der Waals surface area contributed by atoms with Crippen LogP contribution in [-0.4, -0.2) is 56.5 Å². The fourth-order valence-corrected chi connectivity index (χ4v) is 4.58. The number of nitrogens with one attached hydrogen (secondary N) is 1. The van der Waals surface area contributed by atoms with Gasteiger partial charge in [-0.1, -0.05) is 17.7 Å². The molecule has 0 saturated carbocycles. The van der Waals surface area contributed by atoms with E-state index in [0.29, 0.717) is 18.3 Å². The first-order valence-electron chi connectivity index (χ1n) is 10.2. The summed E-state index contributed by atoms with van der Waals surface area (Å²) < 4.78 is 0. The van der Waals surface area contributed by atoms with Gasteiger partial charge < -0.3 is 20.9 Å². The molecule has 0 radical (unpaired) electrons. The Labute approximate surface area is 196 Å². The Balaban J connectivity index is 0.00000300. The van der Waals surface area contributed by atoms with E-state index in [-0.39, 0.29) is 29.9 Å². The maximum Gasteiger partial charge on any atom is 0.217 e. The number of rotatable bonds is 5. The molecule has 2 unspecified atom stereocenters. The number of nitrogens with zero attached hydrogens (tertiary/aromatic N) is 3. The molecule has 1 aromatic rings. The number of halogens is 2. The first kappa shape index (κ1) is 24.1. The number of benzene rings is 1. The van der Waals surface area contributed by atoms with Crippen LogP contribution in [0.1, 0.15) is 31.2 Å². The normalized spacial score (nSPS) is 22.4. The molecular weight excluding hydrogens is 501 g/mol. The summed E-state index contributed by atoms with van der Waals surface area (Å²) in [5, 5.41) is 4.35. The van der Waals surface area contributed by atoms with Crippen molar-refractivity contribution < 1.29 is 4.79 Å². The summed E-state index contributed by atoms with van der Waals surface area (Å²) in [5.41, 5.74) is 7.89. The maximum atomic E-state index is 11.3. The maximum absolute atomic E-state index is 11.3. The summed E-state index contributed by atoms with van der Waals surface area (Å²) in [6, 6.07) is 6.10. The lowest BCUT2D eigenvalue weighted by molar-refractivity contribution is -0.119. The van der Waals surface area contributed by atoms with Gasteiger partial charge in [0.05, 0.1) is 0 Å². The first-order valence-corrected chi connectivity index (χ1v) is 10.6. The highest BCUT2D eigenvalue weighted by Crippen LogP contribution is 2.29. The van der Waals surface area contributed by atoms with Gasteiger partial charge in [0.1, 0.15) is 0 Å². The van der Waals surface area contributed by atoms with Crippen LogP contribution >= 0.6 is 35.6 Å². The van der Waals surface area contributed by atoms with Crippen molar-refractivity contribution in [3.63, 3.8) is 0 Å². The predicted molar refractivity (Wildman–Crippen MR) is 131 cm³/mol. The number of hydrogen-bond donors (Lipinski definition) is 2. The minimum atomic E-state index is -0.211. The second kappa shape index (κ2) is 11.2. The average Bonchev–Trinajstić information content (AvgIpc) is 3.13. The van der Waals surface area contributed by atoms with Crippen molar-refractivity contribution in [2.45, 2.75) is 32.6 Å². The average molecular weight is 534 g/mol. The molecule has 6 nitrogen and oxygen atoms in total. The third-order valence-electron chi connectivity index (χ3n) is 5.87. The Kier molecular flexibility index (Phi) is 9.33. The van der Waals surface area contributed by atoms with Crippen LogP contribution in [0.4, 0.5) is 5.69 Å². The molecule has 0 aliphatic carbocycles. The van der Waals surface area contributed by atoms with Gasteiger partial charge in [-0.15, -0.1) is 24.0 Å². The van der Waals surface area contributed by atoms with Crippen LogP contribution in [0.15, 0.2) is 23.2 Å². The van der Waals surface area contributed by atoms with E-state index in [4.69, 9.17) is 17.3 Å². The summed E-state index contributed by atoms with van der Waals surface area (Å²) in [6.07, 6.45) is 3.75. The summed E-state index contributed by atoms with van der Waals surface area (Å²) in [6.45, 7) is 6.94. The topological polar surface area (TPSA) is 74.0 Å². The quantitative estimate of drug-likeness (QED) is 0.346. The van der Waals surface area contributed by atoms with Crippen molar-refractivity contribution in [2.75, 3.05) is 44.7 Å². The molecule has 0 aromatic heterocycles. The number of primary amides is 1. The zero-order chi connectivity index (χ0) is 20.1. The van der Waals surface area contributed by atoms with E-state index in [2.05, 4.69) is 39.2 Å². The lowest BCUT2D eigenvalue weighted by Crippen LogP contribution is -2.48. The number of nitrogens with two attached hydrogens (primary N) is 1. The first-order chi connectivity index (χ1) is 13.5. The number of aliphatic imine (C=N–C) groups is 1. The fourth-order valence-electron chi connectivity index (χ4n) is 4.42. The Morgan fingerprint density at radius 2 is 2.07 bits per heavy atom. The number of anilines is 1. The van der Waals surface area contributed by atoms with Crippen LogP contribution in [0.2, 0.25) is 5.02 Å². The molecule has 3 N–H and O–H groups in total. The highest BCUT2D eigenvalue weighted by Gasteiger charge is 2.26. The molecule has 1 aromatic carbocycles. The minimum Gasteiger partial charge on any atom is -0.371 e. The molecule has 1 amide bonds. The Hall–Kier alpha value is -1.22. The van der Waals surface area contributed by atoms with Gasteiger partial charge in [-0.3, -0.25) is 9.79 Å². The molecule has 2 heterocycles. The minimum absolute atomic E-state index is 0. The van der Waals surface area contributed by atoms with Crippen molar-refractivity contribution in [3.8, 4) is 0 Å². The monoisotopic (exact) mass is 533 g/mol. The third kappa shape index (κ3) is 6.64. The van der Waals surface area contributed by atoms with E-state index in [1.807, 2.05) is 13.1 Å². The molecule has 8 heteroatoms. The van der Waals surface area contributed by atoms with Crippen LogP contribution in [0.5, 0.6) is 0 Å². The van der Waals surface area contributed by atoms with Crippen LogP contribution in [0.3, 0.4) is 0 Å². The number of likely N-dealkylation sites (tertiary alicyclic amines) is 1. The smallest absolute Gasteiger partial charge is 0.217 e. The number of carbonyl (C=O) groups excluding carboxylic acids is 1. The van der Waals surface area contributed by atoms with E-state index < -0.39 is 0 Å². The molecule has 0 bridgehead atoms. The van der Waals surface area contributed by atoms with Gasteiger partial charge >= 0.3 is 0 Å². The Bertz CT molecular complexity index is 729. The van der Waals surface area contributed by atoms with Crippen molar-refractivity contribution in [1.29, 1.82) is 0 Å². The molecule has 29 heavy (non-hydrogen) atoms. The molecule has 3 rings (SSSR count). The summed E-state index contributed by atoms with van der Waals surface area (Å²) in [7, 11) is 1.83. The molecule has 2 aliphatic rings. The Morgan fingerprint density at radius 3 is 2.79 bits per heavy atom. The van der Waals surface area contributed by atoms with Crippen molar-refractivity contribution in [2.24, 2.45) is 22.6 Å². The molecule has 2 saturated heterocycles. The summed E-state index contributed by atoms with van der Waals surface area (Å²) in [5.74, 6) is 1.63. The molecule has 2 fully saturated rings. The van der Waals surface area contributed by atoms with Crippen molar-refractivity contribution >= 4 is 53.1 Å². The van der Waals surface area contributed by atoms with Crippen LogP contribution in [0.25, 0.3) is 0 Å². The summed E-state index contributed by atoms with van der Waals surface area (Å²) in [4.78, 5) is 20.4. The lowest BCUT2D eigenvalue weighted by Gasteiger charge is -2.35. The number of hydrogen-bond acceptors (Lipinski definition) is 3. The highest BCUT2D eigenvalue weighted by molar-refractivity contribution is 14.0. The van der Waals surface area contributed by atoms with Gasteiger partial charge in [0.15, 0.2) is 5.96 Å². The standard InChI is InChI=1S/C21H32ClN5O.HI/c1-15-5-6-18(22)11-19(15)26-9-7-17(14-26)12-25-21(24-2)27-8-3-4-16(13-27)10-20(23)28;/h5-6,11,16-17H,3-4,7-10,12-14H2,1-2H3,(H2,23,28)(H,24,25);1H. The molecule has 2 atom stereocenters. The van der Waals surface area contributed by atoms with Crippen LogP contribution in [-0.2, 0) is 4.79 Å². The second-order valence-corrected chi connectivity index (χ2v) is 8.52. The van der Waals surface area contributed by atoms with E-state index in [9.17, 15) is 4.79 Å². The van der Waals surface area contributed by atoms with E-state index in [1.165, 1.54) is 11.3 Å².